The lowest BCUT2D eigenvalue weighted by Gasteiger charge is -2.51. The summed E-state index contributed by atoms with van der Waals surface area (Å²) in [7, 11) is 0. The van der Waals surface area contributed by atoms with Crippen LogP contribution in [0.2, 0.25) is 0 Å². The van der Waals surface area contributed by atoms with Crippen molar-refractivity contribution in [3.8, 4) is 0 Å². The largest absolute Gasteiger partial charge is 0.390 e. The van der Waals surface area contributed by atoms with Crippen LogP contribution in [0.25, 0.3) is 0 Å². The van der Waals surface area contributed by atoms with Gasteiger partial charge >= 0.3 is 0 Å². The number of rotatable bonds is 13. The first kappa shape index (κ1) is 27.3. The van der Waals surface area contributed by atoms with Gasteiger partial charge in [0, 0.05) is 10.8 Å². The van der Waals surface area contributed by atoms with Gasteiger partial charge in [-0.15, -0.1) is 13.2 Å². The molecule has 0 heterocycles. The van der Waals surface area contributed by atoms with Gasteiger partial charge in [-0.2, -0.15) is 0 Å². The molecular weight excluding hydrogens is 352 g/mol. The van der Waals surface area contributed by atoms with Crippen molar-refractivity contribution in [2.24, 2.45) is 10.8 Å². The number of allylic oxidation sites excluding steroid dienone is 2. The number of hydrogen-bond acceptors (Lipinski definition) is 4. The molecule has 166 valence electrons. The number of aliphatic hydroxyl groups is 4. The molecule has 0 aliphatic carbocycles. The van der Waals surface area contributed by atoms with Crippen LogP contribution < -0.4 is 0 Å². The first-order chi connectivity index (χ1) is 12.3. The van der Waals surface area contributed by atoms with Crippen molar-refractivity contribution < 1.29 is 20.4 Å². The Bertz CT molecular complexity index is 474. The van der Waals surface area contributed by atoms with Gasteiger partial charge in [0.05, 0.1) is 22.4 Å². The smallest absolute Gasteiger partial charge is 0.0703 e. The summed E-state index contributed by atoms with van der Waals surface area (Å²) in [5, 5.41) is 43.7. The first-order valence-electron chi connectivity index (χ1n) is 10.4. The van der Waals surface area contributed by atoms with Gasteiger partial charge in [-0.1, -0.05) is 38.8 Å². The summed E-state index contributed by atoms with van der Waals surface area (Å²) in [6, 6.07) is 0. The summed E-state index contributed by atoms with van der Waals surface area (Å²) in [6.07, 6.45) is 6.86. The van der Waals surface area contributed by atoms with Gasteiger partial charge in [0.15, 0.2) is 0 Å². The lowest BCUT2D eigenvalue weighted by atomic mass is 9.60. The SMILES string of the molecule is C=CCC(C)(C(C)(C)O)C(C)(O)CCCCC(C)(O)C(C)(CC=C)C(C)(C)O. The van der Waals surface area contributed by atoms with Crippen molar-refractivity contribution in [2.75, 3.05) is 0 Å². The molecule has 4 N–H and O–H groups in total. The lowest BCUT2D eigenvalue weighted by Crippen LogP contribution is -2.57. The quantitative estimate of drug-likeness (QED) is 0.266. The van der Waals surface area contributed by atoms with Crippen LogP contribution in [0.1, 0.15) is 93.9 Å². The fourth-order valence-electron chi connectivity index (χ4n) is 4.32. The molecule has 0 fully saturated rings. The predicted molar refractivity (Wildman–Crippen MR) is 118 cm³/mol. The topological polar surface area (TPSA) is 80.9 Å². The van der Waals surface area contributed by atoms with E-state index in [4.69, 9.17) is 0 Å². The molecule has 4 unspecified atom stereocenters. The summed E-state index contributed by atoms with van der Waals surface area (Å²) in [6.45, 7) is 21.8. The maximum absolute atomic E-state index is 11.2. The van der Waals surface area contributed by atoms with Gasteiger partial charge in [-0.05, 0) is 67.2 Å². The Morgan fingerprint density at radius 3 is 1.00 bits per heavy atom. The minimum Gasteiger partial charge on any atom is -0.390 e. The van der Waals surface area contributed by atoms with Gasteiger partial charge < -0.3 is 20.4 Å². The lowest BCUT2D eigenvalue weighted by molar-refractivity contribution is -0.173. The third kappa shape index (κ3) is 5.47. The van der Waals surface area contributed by atoms with Gasteiger partial charge in [0.25, 0.3) is 0 Å². The van der Waals surface area contributed by atoms with E-state index in [9.17, 15) is 20.4 Å². The van der Waals surface area contributed by atoms with Crippen molar-refractivity contribution in [2.45, 2.75) is 116 Å². The molecule has 0 amide bonds. The van der Waals surface area contributed by atoms with E-state index < -0.39 is 33.2 Å². The van der Waals surface area contributed by atoms with Crippen LogP contribution in [0.3, 0.4) is 0 Å². The molecule has 0 aromatic rings. The summed E-state index contributed by atoms with van der Waals surface area (Å²) in [5.74, 6) is 0. The average Bonchev–Trinajstić information content (AvgIpc) is 2.49. The molecule has 0 aliphatic rings. The third-order valence-corrected chi connectivity index (χ3v) is 7.76. The Kier molecular flexibility index (Phi) is 8.77. The minimum absolute atomic E-state index is 0.497. The van der Waals surface area contributed by atoms with Crippen molar-refractivity contribution in [1.29, 1.82) is 0 Å². The summed E-state index contributed by atoms with van der Waals surface area (Å²) < 4.78 is 0. The van der Waals surface area contributed by atoms with Crippen LogP contribution in [-0.2, 0) is 0 Å². The van der Waals surface area contributed by atoms with E-state index in [0.717, 1.165) is 0 Å². The first-order valence-corrected chi connectivity index (χ1v) is 10.4. The molecule has 0 aromatic carbocycles. The zero-order valence-corrected chi connectivity index (χ0v) is 19.6. The number of unbranched alkanes of at least 4 members (excludes halogenated alkanes) is 1. The van der Waals surface area contributed by atoms with Gasteiger partial charge in [0.1, 0.15) is 0 Å². The van der Waals surface area contributed by atoms with E-state index in [2.05, 4.69) is 13.2 Å². The van der Waals surface area contributed by atoms with Gasteiger partial charge in [-0.3, -0.25) is 0 Å². The number of hydrogen-bond donors (Lipinski definition) is 4. The van der Waals surface area contributed by atoms with Crippen molar-refractivity contribution in [1.82, 2.24) is 0 Å². The summed E-state index contributed by atoms with van der Waals surface area (Å²) in [4.78, 5) is 0. The summed E-state index contributed by atoms with van der Waals surface area (Å²) >= 11 is 0. The molecule has 0 radical (unpaired) electrons. The van der Waals surface area contributed by atoms with E-state index >= 15 is 0 Å². The van der Waals surface area contributed by atoms with E-state index in [1.807, 2.05) is 13.8 Å². The summed E-state index contributed by atoms with van der Waals surface area (Å²) in [5.41, 5.74) is -5.80. The monoisotopic (exact) mass is 398 g/mol. The average molecular weight is 399 g/mol. The Balaban J connectivity index is 5.22. The van der Waals surface area contributed by atoms with E-state index in [1.54, 1.807) is 53.7 Å². The second-order valence-corrected chi connectivity index (χ2v) is 10.5. The Labute approximate surface area is 173 Å². The molecule has 0 rings (SSSR count). The normalized spacial score (nSPS) is 21.7. The molecule has 28 heavy (non-hydrogen) atoms. The second kappa shape index (κ2) is 8.99. The third-order valence-electron chi connectivity index (χ3n) is 7.76. The van der Waals surface area contributed by atoms with Crippen molar-refractivity contribution in [3.05, 3.63) is 25.3 Å². The van der Waals surface area contributed by atoms with Crippen LogP contribution in [-0.4, -0.2) is 42.8 Å². The zero-order valence-electron chi connectivity index (χ0n) is 19.6. The fourth-order valence-corrected chi connectivity index (χ4v) is 4.32. The standard InChI is InChI=1S/C24H46O4/c1-11-15-21(7,19(3,4)25)23(9,27)17-13-14-18-24(10,28)22(8,16-12-2)20(5,6)26/h11-12,25-28H,1-2,13-18H2,3-10H3. The highest BCUT2D eigenvalue weighted by Gasteiger charge is 2.53. The predicted octanol–water partition coefficient (Wildman–Crippen LogP) is 4.76. The maximum Gasteiger partial charge on any atom is 0.0703 e. The minimum atomic E-state index is -1.09. The van der Waals surface area contributed by atoms with Crippen molar-refractivity contribution >= 4 is 0 Å². The molecule has 4 nitrogen and oxygen atoms in total. The van der Waals surface area contributed by atoms with Crippen LogP contribution in [0.5, 0.6) is 0 Å². The van der Waals surface area contributed by atoms with Crippen molar-refractivity contribution in [3.63, 3.8) is 0 Å². The molecule has 0 spiro atoms. The fraction of sp³-hybridized carbons (Fsp3) is 0.833. The molecule has 0 saturated heterocycles. The van der Waals surface area contributed by atoms with E-state index in [1.165, 1.54) is 0 Å². The van der Waals surface area contributed by atoms with Gasteiger partial charge in [-0.25, -0.2) is 0 Å². The molecule has 0 saturated carbocycles. The van der Waals surface area contributed by atoms with E-state index in [0.29, 0.717) is 38.5 Å². The maximum atomic E-state index is 11.2. The van der Waals surface area contributed by atoms with Crippen LogP contribution in [0.15, 0.2) is 25.3 Å². The Hall–Kier alpha value is -0.680. The second-order valence-electron chi connectivity index (χ2n) is 10.5. The highest BCUT2D eigenvalue weighted by molar-refractivity contribution is 5.06. The molecule has 0 aliphatic heterocycles. The van der Waals surface area contributed by atoms with Gasteiger partial charge in [0.2, 0.25) is 0 Å². The zero-order chi connectivity index (χ0) is 22.7. The highest BCUT2D eigenvalue weighted by Crippen LogP contribution is 2.49. The Morgan fingerprint density at radius 2 is 0.821 bits per heavy atom. The Morgan fingerprint density at radius 1 is 0.571 bits per heavy atom. The molecule has 4 atom stereocenters. The highest BCUT2D eigenvalue weighted by atomic mass is 16.3. The van der Waals surface area contributed by atoms with Crippen LogP contribution in [0, 0.1) is 10.8 Å². The molecule has 4 heteroatoms. The van der Waals surface area contributed by atoms with Crippen LogP contribution >= 0.6 is 0 Å². The molecule has 0 bridgehead atoms. The van der Waals surface area contributed by atoms with Crippen LogP contribution in [0.4, 0.5) is 0 Å². The van der Waals surface area contributed by atoms with E-state index in [-0.39, 0.29) is 0 Å². The molecular formula is C24H46O4. The molecule has 0 aromatic heterocycles.